The smallest absolute Gasteiger partial charge is 0.368 e. The van der Waals surface area contributed by atoms with E-state index in [4.69, 9.17) is 10.3 Å². The third-order valence-corrected chi connectivity index (χ3v) is 4.28. The van der Waals surface area contributed by atoms with Crippen molar-refractivity contribution < 1.29 is 17.7 Å². The normalized spacial score (nSPS) is 16.3. The van der Waals surface area contributed by atoms with Crippen LogP contribution in [0.4, 0.5) is 24.7 Å². The quantitative estimate of drug-likeness (QED) is 0.627. The number of alkyl halides is 3. The number of benzene rings is 1. The first-order chi connectivity index (χ1) is 12.6. The van der Waals surface area contributed by atoms with Gasteiger partial charge in [0.15, 0.2) is 0 Å². The molecule has 1 aromatic heterocycles. The van der Waals surface area contributed by atoms with Crippen LogP contribution < -0.4 is 10.7 Å². The van der Waals surface area contributed by atoms with E-state index in [1.807, 2.05) is 20.8 Å². The van der Waals surface area contributed by atoms with Crippen LogP contribution in [0.1, 0.15) is 38.4 Å². The van der Waals surface area contributed by atoms with Crippen LogP contribution in [0.3, 0.4) is 0 Å². The summed E-state index contributed by atoms with van der Waals surface area (Å²) in [5, 5.41) is 7.53. The van der Waals surface area contributed by atoms with Crippen molar-refractivity contribution in [2.24, 2.45) is 10.7 Å². The van der Waals surface area contributed by atoms with Gasteiger partial charge in [0.05, 0.1) is 16.9 Å². The number of aromatic nitrogens is 1. The van der Waals surface area contributed by atoms with E-state index in [-0.39, 0.29) is 17.3 Å². The number of nitrogens with zero attached hydrogens (tertiary/aromatic N) is 4. The molecule has 3 rings (SSSR count). The molecule has 0 spiro atoms. The van der Waals surface area contributed by atoms with Crippen molar-refractivity contribution in [1.82, 2.24) is 10.2 Å². The Bertz CT molecular complexity index is 821. The average molecular weight is 381 g/mol. The Hall–Kier alpha value is -2.71. The molecule has 0 bridgehead atoms. The maximum absolute atomic E-state index is 12.8. The highest BCUT2D eigenvalue weighted by molar-refractivity contribution is 5.82. The Labute approximate surface area is 155 Å². The highest BCUT2D eigenvalue weighted by Gasteiger charge is 2.31. The van der Waals surface area contributed by atoms with Gasteiger partial charge < -0.3 is 10.3 Å². The summed E-state index contributed by atoms with van der Waals surface area (Å²) < 4.78 is 43.5. The van der Waals surface area contributed by atoms with E-state index in [0.717, 1.165) is 24.2 Å². The van der Waals surface area contributed by atoms with E-state index < -0.39 is 11.7 Å². The third kappa shape index (κ3) is 4.17. The molecule has 1 saturated heterocycles. The largest absolute Gasteiger partial charge is 0.416 e. The molecule has 9 heteroatoms. The SMILES string of the molecule is CC(C)(C)c1cc(/N=C(\N)N2CCCN2c2ccc(C(F)(F)F)cc2)on1. The molecular weight excluding hydrogens is 359 g/mol. The summed E-state index contributed by atoms with van der Waals surface area (Å²) in [6, 6.07) is 6.71. The van der Waals surface area contributed by atoms with Crippen LogP contribution in [-0.4, -0.2) is 29.2 Å². The zero-order chi connectivity index (χ0) is 19.8. The third-order valence-electron chi connectivity index (χ3n) is 4.28. The average Bonchev–Trinajstić information content (AvgIpc) is 3.22. The fraction of sp³-hybridized carbons (Fsp3) is 0.444. The first-order valence-electron chi connectivity index (χ1n) is 8.59. The van der Waals surface area contributed by atoms with Crippen LogP contribution in [0.15, 0.2) is 39.8 Å². The first kappa shape index (κ1) is 19.1. The van der Waals surface area contributed by atoms with Gasteiger partial charge in [-0.25, -0.2) is 0 Å². The molecule has 0 aliphatic carbocycles. The summed E-state index contributed by atoms with van der Waals surface area (Å²) in [6.45, 7) is 7.26. The fourth-order valence-electron chi connectivity index (χ4n) is 2.78. The predicted molar refractivity (Wildman–Crippen MR) is 96.6 cm³/mol. The second-order valence-electron chi connectivity index (χ2n) is 7.41. The molecule has 146 valence electrons. The van der Waals surface area contributed by atoms with Crippen molar-refractivity contribution in [3.63, 3.8) is 0 Å². The topological polar surface area (TPSA) is 70.9 Å². The molecule has 0 saturated carbocycles. The first-order valence-corrected chi connectivity index (χ1v) is 8.59. The Kier molecular flexibility index (Phi) is 4.79. The van der Waals surface area contributed by atoms with Gasteiger partial charge >= 0.3 is 6.18 Å². The maximum Gasteiger partial charge on any atom is 0.416 e. The second-order valence-corrected chi connectivity index (χ2v) is 7.41. The summed E-state index contributed by atoms with van der Waals surface area (Å²) in [5.74, 6) is 0.487. The second kappa shape index (κ2) is 6.79. The summed E-state index contributed by atoms with van der Waals surface area (Å²) in [7, 11) is 0. The van der Waals surface area contributed by atoms with Crippen molar-refractivity contribution in [3.05, 3.63) is 41.6 Å². The molecule has 0 atom stereocenters. The number of halogens is 3. The van der Waals surface area contributed by atoms with Crippen LogP contribution in [0.2, 0.25) is 0 Å². The van der Waals surface area contributed by atoms with Gasteiger partial charge in [0, 0.05) is 24.6 Å². The molecule has 6 nitrogen and oxygen atoms in total. The molecule has 1 aliphatic rings. The van der Waals surface area contributed by atoms with Crippen molar-refractivity contribution >= 4 is 17.5 Å². The monoisotopic (exact) mass is 381 g/mol. The minimum Gasteiger partial charge on any atom is -0.368 e. The molecule has 1 fully saturated rings. The van der Waals surface area contributed by atoms with Gasteiger partial charge in [-0.15, -0.1) is 0 Å². The van der Waals surface area contributed by atoms with Gasteiger partial charge in [-0.1, -0.05) is 25.9 Å². The zero-order valence-electron chi connectivity index (χ0n) is 15.4. The highest BCUT2D eigenvalue weighted by atomic mass is 19.4. The molecule has 2 heterocycles. The summed E-state index contributed by atoms with van der Waals surface area (Å²) >= 11 is 0. The fourth-order valence-corrected chi connectivity index (χ4v) is 2.78. The summed E-state index contributed by atoms with van der Waals surface area (Å²) in [5.41, 5.74) is 6.64. The summed E-state index contributed by atoms with van der Waals surface area (Å²) in [4.78, 5) is 4.28. The Morgan fingerprint density at radius 1 is 1.15 bits per heavy atom. The lowest BCUT2D eigenvalue weighted by Crippen LogP contribution is -2.45. The Morgan fingerprint density at radius 3 is 2.37 bits per heavy atom. The molecule has 0 amide bonds. The number of hydrazine groups is 1. The molecule has 0 radical (unpaired) electrons. The number of anilines is 1. The van der Waals surface area contributed by atoms with Gasteiger partial charge in [-0.3, -0.25) is 10.0 Å². The van der Waals surface area contributed by atoms with E-state index in [1.165, 1.54) is 12.1 Å². The molecule has 1 aliphatic heterocycles. The molecule has 1 aromatic carbocycles. The number of aliphatic imine (C=N–C) groups is 1. The highest BCUT2D eigenvalue weighted by Crippen LogP contribution is 2.32. The van der Waals surface area contributed by atoms with Gasteiger partial charge in [-0.2, -0.15) is 18.2 Å². The maximum atomic E-state index is 12.8. The molecule has 2 N–H and O–H groups in total. The molecular formula is C18H22F3N5O. The number of guanidine groups is 1. The Morgan fingerprint density at radius 2 is 1.81 bits per heavy atom. The molecule has 2 aromatic rings. The lowest BCUT2D eigenvalue weighted by atomic mass is 9.92. The summed E-state index contributed by atoms with van der Waals surface area (Å²) in [6.07, 6.45) is -3.55. The zero-order valence-corrected chi connectivity index (χ0v) is 15.4. The van der Waals surface area contributed by atoms with Gasteiger partial charge in [0.25, 0.3) is 5.88 Å². The lowest BCUT2D eigenvalue weighted by Gasteiger charge is -2.30. The lowest BCUT2D eigenvalue weighted by molar-refractivity contribution is -0.137. The number of hydrogen-bond donors (Lipinski definition) is 1. The van der Waals surface area contributed by atoms with E-state index >= 15 is 0 Å². The predicted octanol–water partition coefficient (Wildman–Crippen LogP) is 4.06. The van der Waals surface area contributed by atoms with Crippen molar-refractivity contribution in [2.45, 2.75) is 38.8 Å². The van der Waals surface area contributed by atoms with E-state index in [2.05, 4.69) is 10.1 Å². The number of rotatable bonds is 2. The van der Waals surface area contributed by atoms with E-state index in [0.29, 0.717) is 18.8 Å². The minimum atomic E-state index is -4.36. The van der Waals surface area contributed by atoms with E-state index in [1.54, 1.807) is 16.1 Å². The van der Waals surface area contributed by atoms with Crippen LogP contribution in [-0.2, 0) is 11.6 Å². The van der Waals surface area contributed by atoms with Gasteiger partial charge in [0.1, 0.15) is 0 Å². The molecule has 27 heavy (non-hydrogen) atoms. The van der Waals surface area contributed by atoms with Crippen molar-refractivity contribution in [1.29, 1.82) is 0 Å². The standard InChI is InChI=1S/C18H22F3N5O/c1-17(2,3)14-11-15(27-24-14)23-16(22)26-10-4-9-25(26)13-7-5-12(6-8-13)18(19,20)21/h5-8,11H,4,9-10H2,1-3H3,(H2,22,23). The Balaban J connectivity index is 1.80. The minimum absolute atomic E-state index is 0.175. The molecule has 0 unspecified atom stereocenters. The van der Waals surface area contributed by atoms with Gasteiger partial charge in [0.2, 0.25) is 5.96 Å². The van der Waals surface area contributed by atoms with E-state index in [9.17, 15) is 13.2 Å². The van der Waals surface area contributed by atoms with Crippen LogP contribution in [0.25, 0.3) is 0 Å². The van der Waals surface area contributed by atoms with Crippen LogP contribution in [0, 0.1) is 0 Å². The number of nitrogens with two attached hydrogens (primary N) is 1. The van der Waals surface area contributed by atoms with Crippen molar-refractivity contribution in [2.75, 3.05) is 18.1 Å². The van der Waals surface area contributed by atoms with Crippen molar-refractivity contribution in [3.8, 4) is 0 Å². The number of hydrogen-bond acceptors (Lipinski definition) is 4. The van der Waals surface area contributed by atoms with Gasteiger partial charge in [-0.05, 0) is 30.7 Å². The van der Waals surface area contributed by atoms with Crippen LogP contribution >= 0.6 is 0 Å². The van der Waals surface area contributed by atoms with Crippen LogP contribution in [0.5, 0.6) is 0 Å².